The number of carbonyl (C=O) groups excluding carboxylic acids is 1. The third-order valence-corrected chi connectivity index (χ3v) is 3.15. The Bertz CT molecular complexity index is 702. The minimum absolute atomic E-state index is 0.217. The molecule has 0 saturated carbocycles. The maximum absolute atomic E-state index is 11.6. The maximum atomic E-state index is 11.6. The Hall–Kier alpha value is -2.41. The lowest BCUT2D eigenvalue weighted by atomic mass is 10.2. The molecular weight excluding hydrogens is 280 g/mol. The normalized spacial score (nSPS) is 10.8. The van der Waals surface area contributed by atoms with Crippen LogP contribution in [0.4, 0.5) is 5.69 Å². The van der Waals surface area contributed by atoms with Crippen molar-refractivity contribution in [2.75, 3.05) is 6.61 Å². The highest BCUT2D eigenvalue weighted by Crippen LogP contribution is 2.18. The lowest BCUT2D eigenvalue weighted by molar-refractivity contribution is 0.0526. The van der Waals surface area contributed by atoms with Crippen LogP contribution < -0.4 is 4.87 Å². The first-order chi connectivity index (χ1) is 9.60. The van der Waals surface area contributed by atoms with Crippen LogP contribution in [0.1, 0.15) is 22.2 Å². The van der Waals surface area contributed by atoms with Crippen molar-refractivity contribution in [1.29, 1.82) is 0 Å². The van der Waals surface area contributed by atoms with E-state index in [9.17, 15) is 14.7 Å². The number of hydrogen-bond donors (Lipinski definition) is 2. The first kappa shape index (κ1) is 14.0. The molecule has 0 atom stereocenters. The van der Waals surface area contributed by atoms with Crippen molar-refractivity contribution in [2.24, 2.45) is 4.99 Å². The first-order valence-corrected chi connectivity index (χ1v) is 6.65. The third-order valence-electron chi connectivity index (χ3n) is 2.34. The molecule has 104 valence electrons. The number of nitrogens with one attached hydrogen (secondary N) is 1. The second kappa shape index (κ2) is 6.16. The van der Waals surface area contributed by atoms with Crippen molar-refractivity contribution in [3.05, 3.63) is 44.4 Å². The predicted molar refractivity (Wildman–Crippen MR) is 76.3 cm³/mol. The molecule has 2 N–H and O–H groups in total. The summed E-state index contributed by atoms with van der Waals surface area (Å²) < 4.78 is 4.89. The highest BCUT2D eigenvalue weighted by atomic mass is 32.1. The number of thiazole rings is 1. The lowest BCUT2D eigenvalue weighted by Gasteiger charge is -2.01. The molecule has 0 bridgehead atoms. The Labute approximate surface area is 118 Å². The summed E-state index contributed by atoms with van der Waals surface area (Å²) in [6.45, 7) is 2.04. The van der Waals surface area contributed by atoms with Crippen molar-refractivity contribution in [1.82, 2.24) is 4.98 Å². The van der Waals surface area contributed by atoms with Crippen molar-refractivity contribution >= 4 is 29.2 Å². The summed E-state index contributed by atoms with van der Waals surface area (Å²) in [6.07, 6.45) is 1.36. The number of aromatic nitrogens is 1. The molecule has 2 rings (SSSR count). The van der Waals surface area contributed by atoms with Gasteiger partial charge in [0, 0.05) is 0 Å². The van der Waals surface area contributed by atoms with Crippen molar-refractivity contribution in [3.8, 4) is 5.88 Å². The Morgan fingerprint density at radius 1 is 1.55 bits per heavy atom. The van der Waals surface area contributed by atoms with Gasteiger partial charge < -0.3 is 9.84 Å². The van der Waals surface area contributed by atoms with Crippen LogP contribution in [0.25, 0.3) is 0 Å². The van der Waals surface area contributed by atoms with Crippen LogP contribution in [0, 0.1) is 0 Å². The molecular formula is C13H12N2O4S. The summed E-state index contributed by atoms with van der Waals surface area (Å²) in [4.78, 5) is 28.9. The highest BCUT2D eigenvalue weighted by Gasteiger charge is 2.07. The Kier molecular flexibility index (Phi) is 4.31. The molecule has 7 heteroatoms. The lowest BCUT2D eigenvalue weighted by Crippen LogP contribution is -2.03. The number of carbonyl (C=O) groups is 1. The maximum Gasteiger partial charge on any atom is 0.338 e. The average molecular weight is 292 g/mol. The van der Waals surface area contributed by atoms with Gasteiger partial charge in [0.1, 0.15) is 4.88 Å². The summed E-state index contributed by atoms with van der Waals surface area (Å²) in [5, 5.41) is 9.41. The van der Waals surface area contributed by atoms with Gasteiger partial charge in [-0.05, 0) is 25.1 Å². The van der Waals surface area contributed by atoms with Crippen LogP contribution in [0.3, 0.4) is 0 Å². The number of esters is 1. The van der Waals surface area contributed by atoms with Crippen LogP contribution in [-0.2, 0) is 4.74 Å². The summed E-state index contributed by atoms with van der Waals surface area (Å²) in [5.74, 6) is -0.635. The number of nitrogens with zero attached hydrogens (tertiary/aromatic N) is 1. The SMILES string of the molecule is CCOC(=O)c1cccc(N=Cc2sc(=O)[nH]c2O)c1. The van der Waals surface area contributed by atoms with Crippen LogP contribution in [0.5, 0.6) is 5.88 Å². The largest absolute Gasteiger partial charge is 0.493 e. The molecule has 0 amide bonds. The number of aromatic hydroxyl groups is 1. The molecule has 20 heavy (non-hydrogen) atoms. The van der Waals surface area contributed by atoms with Gasteiger partial charge in [-0.15, -0.1) is 0 Å². The standard InChI is InChI=1S/C13H12N2O4S/c1-2-19-12(17)8-4-3-5-9(6-8)14-7-10-11(16)15-13(18)20-10/h3-7,16H,2H2,1H3,(H,15,18). The van der Waals surface area contributed by atoms with Gasteiger partial charge in [0.25, 0.3) is 0 Å². The van der Waals surface area contributed by atoms with Crippen LogP contribution in [0.2, 0.25) is 0 Å². The number of rotatable bonds is 4. The molecule has 1 heterocycles. The number of hydrogen-bond acceptors (Lipinski definition) is 6. The summed E-state index contributed by atoms with van der Waals surface area (Å²) in [7, 11) is 0. The van der Waals surface area contributed by atoms with E-state index in [0.717, 1.165) is 11.3 Å². The molecule has 1 aromatic heterocycles. The van der Waals surface area contributed by atoms with E-state index >= 15 is 0 Å². The third kappa shape index (κ3) is 3.33. The average Bonchev–Trinajstić information content (AvgIpc) is 2.75. The molecule has 0 aliphatic heterocycles. The molecule has 0 aliphatic rings. The fourth-order valence-corrected chi connectivity index (χ4v) is 2.08. The van der Waals surface area contributed by atoms with E-state index in [0.29, 0.717) is 22.7 Å². The van der Waals surface area contributed by atoms with E-state index in [2.05, 4.69) is 9.98 Å². The van der Waals surface area contributed by atoms with Gasteiger partial charge in [-0.3, -0.25) is 14.8 Å². The number of aliphatic imine (C=N–C) groups is 1. The van der Waals surface area contributed by atoms with Crippen molar-refractivity contribution in [2.45, 2.75) is 6.92 Å². The summed E-state index contributed by atoms with van der Waals surface area (Å²) >= 11 is 0.850. The van der Waals surface area contributed by atoms with E-state index in [1.807, 2.05) is 0 Å². The smallest absolute Gasteiger partial charge is 0.338 e. The number of ether oxygens (including phenoxy) is 1. The van der Waals surface area contributed by atoms with E-state index in [1.165, 1.54) is 6.21 Å². The molecule has 0 aliphatic carbocycles. The molecule has 0 saturated heterocycles. The zero-order chi connectivity index (χ0) is 14.5. The van der Waals surface area contributed by atoms with E-state index in [-0.39, 0.29) is 10.8 Å². The number of aromatic amines is 1. The van der Waals surface area contributed by atoms with Crippen LogP contribution in [0.15, 0.2) is 34.1 Å². The zero-order valence-corrected chi connectivity index (χ0v) is 11.4. The highest BCUT2D eigenvalue weighted by molar-refractivity contribution is 7.11. The minimum Gasteiger partial charge on any atom is -0.493 e. The number of H-pyrrole nitrogens is 1. The molecule has 0 fully saturated rings. The predicted octanol–water partition coefficient (Wildman–Crippen LogP) is 2.07. The molecule has 2 aromatic rings. The fraction of sp³-hybridized carbons (Fsp3) is 0.154. The zero-order valence-electron chi connectivity index (χ0n) is 10.6. The molecule has 0 radical (unpaired) electrons. The van der Waals surface area contributed by atoms with Gasteiger partial charge in [-0.25, -0.2) is 4.79 Å². The van der Waals surface area contributed by atoms with Crippen LogP contribution in [-0.4, -0.2) is 28.9 Å². The van der Waals surface area contributed by atoms with Gasteiger partial charge in [0.05, 0.1) is 24.1 Å². The van der Waals surface area contributed by atoms with E-state index in [4.69, 9.17) is 4.74 Å². The Morgan fingerprint density at radius 2 is 2.35 bits per heavy atom. The van der Waals surface area contributed by atoms with Gasteiger partial charge in [0.15, 0.2) is 0 Å². The number of benzene rings is 1. The van der Waals surface area contributed by atoms with Gasteiger partial charge in [0.2, 0.25) is 5.88 Å². The second-order valence-corrected chi connectivity index (χ2v) is 4.77. The first-order valence-electron chi connectivity index (χ1n) is 5.83. The van der Waals surface area contributed by atoms with Gasteiger partial charge in [-0.1, -0.05) is 17.4 Å². The molecule has 0 unspecified atom stereocenters. The molecule has 0 spiro atoms. The van der Waals surface area contributed by atoms with Gasteiger partial charge in [-0.2, -0.15) is 0 Å². The second-order valence-electron chi connectivity index (χ2n) is 3.76. The van der Waals surface area contributed by atoms with Crippen LogP contribution >= 0.6 is 11.3 Å². The van der Waals surface area contributed by atoms with Crippen molar-refractivity contribution < 1.29 is 14.6 Å². The summed E-state index contributed by atoms with van der Waals surface area (Å²) in [6, 6.07) is 6.58. The van der Waals surface area contributed by atoms with Gasteiger partial charge >= 0.3 is 10.8 Å². The Balaban J connectivity index is 2.21. The topological polar surface area (TPSA) is 91.8 Å². The van der Waals surface area contributed by atoms with Crippen molar-refractivity contribution in [3.63, 3.8) is 0 Å². The molecule has 1 aromatic carbocycles. The molecule has 6 nitrogen and oxygen atoms in total. The quantitative estimate of drug-likeness (QED) is 0.666. The minimum atomic E-state index is -0.418. The summed E-state index contributed by atoms with van der Waals surface area (Å²) in [5.41, 5.74) is 0.920. The monoisotopic (exact) mass is 292 g/mol. The van der Waals surface area contributed by atoms with E-state index in [1.54, 1.807) is 31.2 Å². The Morgan fingerprint density at radius 3 is 3.00 bits per heavy atom. The fourth-order valence-electron chi connectivity index (χ4n) is 1.48. The van der Waals surface area contributed by atoms with E-state index < -0.39 is 5.97 Å².